The molecule has 11 nitrogen and oxygen atoms in total. The molecule has 0 aliphatic rings. The van der Waals surface area contributed by atoms with Gasteiger partial charge in [-0.05, 0) is 125 Å². The van der Waals surface area contributed by atoms with Crippen LogP contribution < -0.4 is 0 Å². The highest BCUT2D eigenvalue weighted by atomic mass is 32.1. The predicted octanol–water partition coefficient (Wildman–Crippen LogP) is 8.69. The number of thiol groups is 3. The Balaban J connectivity index is 6.79. The highest BCUT2D eigenvalue weighted by molar-refractivity contribution is 7.80. The molecule has 61 heavy (non-hydrogen) atoms. The van der Waals surface area contributed by atoms with Crippen molar-refractivity contribution in [3.05, 3.63) is 0 Å². The van der Waals surface area contributed by atoms with Crippen molar-refractivity contribution in [3.8, 4) is 0 Å². The highest BCUT2D eigenvalue weighted by Crippen LogP contribution is 2.35. The Labute approximate surface area is 390 Å². The number of aliphatic hydroxyl groups is 4. The van der Waals surface area contributed by atoms with Gasteiger partial charge in [0.2, 0.25) is 0 Å². The summed E-state index contributed by atoms with van der Waals surface area (Å²) in [6.45, 7) is 36.9. The Hall–Kier alpha value is 0.610. The zero-order valence-electron chi connectivity index (χ0n) is 41.9. The number of ether oxygens (including phenoxy) is 7. The Kier molecular flexibility index (Phi) is 26.5. The first-order chi connectivity index (χ1) is 27.4. The molecule has 7 atom stereocenters. The molecule has 14 heteroatoms. The zero-order chi connectivity index (χ0) is 47.9. The molecule has 0 rings (SSSR count). The summed E-state index contributed by atoms with van der Waals surface area (Å²) >= 11 is 12.8. The van der Waals surface area contributed by atoms with Gasteiger partial charge in [0, 0.05) is 62.2 Å². The molecule has 7 unspecified atom stereocenters. The van der Waals surface area contributed by atoms with Crippen molar-refractivity contribution in [2.24, 2.45) is 5.41 Å². The van der Waals surface area contributed by atoms with E-state index in [0.29, 0.717) is 62.2 Å². The van der Waals surface area contributed by atoms with Crippen molar-refractivity contribution in [2.75, 3.05) is 43.7 Å². The van der Waals surface area contributed by atoms with Gasteiger partial charge >= 0.3 is 0 Å². The Bertz CT molecular complexity index is 1070. The third-order valence-corrected chi connectivity index (χ3v) is 11.8. The van der Waals surface area contributed by atoms with E-state index in [-0.39, 0.29) is 44.7 Å². The number of rotatable bonds is 35. The third kappa shape index (κ3) is 29.1. The maximum absolute atomic E-state index is 10.4. The summed E-state index contributed by atoms with van der Waals surface area (Å²) in [6, 6.07) is 0. The first-order valence-electron chi connectivity index (χ1n) is 22.6. The van der Waals surface area contributed by atoms with Gasteiger partial charge in [0.05, 0.1) is 114 Å². The molecule has 0 saturated carbocycles. The smallest absolute Gasteiger partial charge is 0.0655 e. The van der Waals surface area contributed by atoms with Gasteiger partial charge in [-0.25, -0.2) is 0 Å². The van der Waals surface area contributed by atoms with Crippen molar-refractivity contribution in [2.45, 2.75) is 252 Å². The summed E-state index contributed by atoms with van der Waals surface area (Å²) in [4.78, 5) is 0. The predicted molar refractivity (Wildman–Crippen MR) is 260 cm³/mol. The lowest BCUT2D eigenvalue weighted by Crippen LogP contribution is -2.50. The Morgan fingerprint density at radius 1 is 0.344 bits per heavy atom. The molecule has 0 amide bonds. The lowest BCUT2D eigenvalue weighted by molar-refractivity contribution is -0.204. The Morgan fingerprint density at radius 2 is 0.557 bits per heavy atom. The van der Waals surface area contributed by atoms with Crippen LogP contribution in [0.4, 0.5) is 0 Å². The van der Waals surface area contributed by atoms with Gasteiger partial charge in [-0.1, -0.05) is 0 Å². The van der Waals surface area contributed by atoms with Crippen molar-refractivity contribution in [3.63, 3.8) is 0 Å². The molecule has 0 aliphatic carbocycles. The molecule has 0 fully saturated rings. The molecule has 4 N–H and O–H groups in total. The van der Waals surface area contributed by atoms with Gasteiger partial charge < -0.3 is 53.6 Å². The van der Waals surface area contributed by atoms with Crippen LogP contribution in [0.3, 0.4) is 0 Å². The van der Waals surface area contributed by atoms with Gasteiger partial charge in [-0.15, -0.1) is 0 Å². The molecule has 0 radical (unpaired) electrons. The van der Waals surface area contributed by atoms with Gasteiger partial charge in [0.15, 0.2) is 0 Å². The van der Waals surface area contributed by atoms with E-state index in [1.807, 2.05) is 76.2 Å². The van der Waals surface area contributed by atoms with Gasteiger partial charge in [-0.2, -0.15) is 37.9 Å². The molecule has 0 aromatic heterocycles. The fourth-order valence-corrected chi connectivity index (χ4v) is 8.85. The van der Waals surface area contributed by atoms with E-state index in [4.69, 9.17) is 33.2 Å². The Morgan fingerprint density at radius 3 is 0.754 bits per heavy atom. The van der Waals surface area contributed by atoms with E-state index in [9.17, 15) is 20.4 Å². The molecule has 0 aliphatic heterocycles. The summed E-state index contributed by atoms with van der Waals surface area (Å²) < 4.78 is 46.8. The van der Waals surface area contributed by atoms with Gasteiger partial charge in [0.25, 0.3) is 0 Å². The standard InChI is InChI=1S/C47H96O11S3/c1-33(48)19-40(5,6)52-29-47(30-53-41(7,8)20-34(2)56-44(13,14)23-37(49)26-59,31-54-42(9,10)21-35(3)57-45(15,16)24-38(50)27-60)32-55-43(11,12)22-36(4)58-46(17,18)25-39(51)28-61/h33-39,48-51,59-61H,19-32H2,1-18H3. The largest absolute Gasteiger partial charge is 0.393 e. The SMILES string of the molecule is CC(O)CC(C)(C)OCC(COC(C)(C)CC(C)OC(C)(C)CC(O)CS)(COC(C)(C)CC(C)OC(C)(C)CC(O)CS)COC(C)(C)CC(C)OC(C)(C)CC(O)CS. The molecular formula is C47H96O11S3. The van der Waals surface area contributed by atoms with Crippen LogP contribution in [0.1, 0.15) is 170 Å². The van der Waals surface area contributed by atoms with E-state index in [1.165, 1.54) is 0 Å². The molecule has 0 aromatic carbocycles. The summed E-state index contributed by atoms with van der Waals surface area (Å²) in [7, 11) is 0. The number of aliphatic hydroxyl groups excluding tert-OH is 4. The van der Waals surface area contributed by atoms with E-state index in [2.05, 4.69) is 79.4 Å². The molecule has 0 heterocycles. The average Bonchev–Trinajstić information content (AvgIpc) is 3.04. The summed E-state index contributed by atoms with van der Waals surface area (Å²) in [6.07, 6.45) is 0.730. The second kappa shape index (κ2) is 26.2. The third-order valence-electron chi connectivity index (χ3n) is 10.6. The van der Waals surface area contributed by atoms with Crippen LogP contribution in [0.2, 0.25) is 0 Å². The minimum Gasteiger partial charge on any atom is -0.393 e. The van der Waals surface area contributed by atoms with E-state index >= 15 is 0 Å². The van der Waals surface area contributed by atoms with Crippen molar-refractivity contribution >= 4 is 37.9 Å². The summed E-state index contributed by atoms with van der Waals surface area (Å²) in [5.41, 5.74) is -5.08. The van der Waals surface area contributed by atoms with Gasteiger partial charge in [-0.3, -0.25) is 0 Å². The fraction of sp³-hybridized carbons (Fsp3) is 1.00. The fourth-order valence-electron chi connectivity index (χ4n) is 8.47. The maximum atomic E-state index is 10.4. The van der Waals surface area contributed by atoms with Crippen LogP contribution in [0.5, 0.6) is 0 Å². The number of hydrogen-bond donors (Lipinski definition) is 7. The number of hydrogen-bond acceptors (Lipinski definition) is 14. The van der Waals surface area contributed by atoms with E-state index in [1.54, 1.807) is 6.92 Å². The van der Waals surface area contributed by atoms with Crippen molar-refractivity contribution in [1.82, 2.24) is 0 Å². The lowest BCUT2D eigenvalue weighted by Gasteiger charge is -2.43. The highest BCUT2D eigenvalue weighted by Gasteiger charge is 2.42. The van der Waals surface area contributed by atoms with Crippen LogP contribution in [0.25, 0.3) is 0 Å². The monoisotopic (exact) mass is 933 g/mol. The quantitative estimate of drug-likeness (QED) is 0.0307. The molecule has 368 valence electrons. The van der Waals surface area contributed by atoms with Crippen LogP contribution >= 0.6 is 37.9 Å². The molecule has 0 aromatic rings. The van der Waals surface area contributed by atoms with Gasteiger partial charge in [0.1, 0.15) is 0 Å². The first-order valence-corrected chi connectivity index (χ1v) is 24.5. The molecule has 0 spiro atoms. The lowest BCUT2D eigenvalue weighted by atomic mass is 9.89. The molecular weight excluding hydrogens is 837 g/mol. The van der Waals surface area contributed by atoms with Crippen LogP contribution in [0.15, 0.2) is 0 Å². The minimum absolute atomic E-state index is 0.183. The van der Waals surface area contributed by atoms with Crippen LogP contribution in [-0.4, -0.2) is 146 Å². The molecule has 0 saturated heterocycles. The van der Waals surface area contributed by atoms with Crippen LogP contribution in [-0.2, 0) is 33.2 Å². The zero-order valence-corrected chi connectivity index (χ0v) is 44.6. The van der Waals surface area contributed by atoms with Crippen molar-refractivity contribution in [1.29, 1.82) is 0 Å². The van der Waals surface area contributed by atoms with Crippen LogP contribution in [0, 0.1) is 5.41 Å². The minimum atomic E-state index is -0.818. The normalized spacial score (nSPS) is 18.6. The van der Waals surface area contributed by atoms with Crippen molar-refractivity contribution < 1.29 is 53.6 Å². The topological polar surface area (TPSA) is 146 Å². The van der Waals surface area contributed by atoms with E-state index in [0.717, 1.165) is 0 Å². The molecule has 0 bridgehead atoms. The summed E-state index contributed by atoms with van der Waals surface area (Å²) in [5, 5.41) is 41.3. The second-order valence-corrected chi connectivity index (χ2v) is 23.6. The summed E-state index contributed by atoms with van der Waals surface area (Å²) in [5.74, 6) is 1.09. The first kappa shape index (κ1) is 61.6. The van der Waals surface area contributed by atoms with E-state index < -0.39 is 69.0 Å². The average molecular weight is 933 g/mol. The second-order valence-electron chi connectivity index (χ2n) is 22.5. The maximum Gasteiger partial charge on any atom is 0.0655 e.